The number of hydrogen-bond donors (Lipinski definition) is 0. The largest absolute Gasteiger partial charge is 0.0888 e. The highest BCUT2D eigenvalue weighted by molar-refractivity contribution is 5.10. The molecule has 0 bridgehead atoms. The summed E-state index contributed by atoms with van der Waals surface area (Å²) in [6.45, 7) is 2.18. The van der Waals surface area contributed by atoms with E-state index in [1.54, 1.807) is 0 Å². The Morgan fingerprint density at radius 1 is 1.33 bits per heavy atom. The van der Waals surface area contributed by atoms with E-state index >= 15 is 0 Å². The topological polar surface area (TPSA) is 0 Å². The van der Waals surface area contributed by atoms with Crippen LogP contribution in [0, 0.1) is 5.92 Å². The predicted molar refractivity (Wildman–Crippen MR) is 55.1 cm³/mol. The molecule has 1 aliphatic rings. The van der Waals surface area contributed by atoms with Crippen molar-refractivity contribution >= 4 is 0 Å². The van der Waals surface area contributed by atoms with Crippen LogP contribution in [0.15, 0.2) is 36.5 Å². The molecule has 66 valence electrons. The lowest BCUT2D eigenvalue weighted by molar-refractivity contribution is 0.602. The van der Waals surface area contributed by atoms with Crippen molar-refractivity contribution in [2.24, 2.45) is 5.92 Å². The molecule has 0 amide bonds. The molecule has 0 aromatic rings. The third-order valence-corrected chi connectivity index (χ3v) is 2.18. The molecule has 0 aromatic carbocycles. The fraction of sp³-hybridized carbons (Fsp3) is 0.500. The molecule has 1 rings (SSSR count). The highest BCUT2D eigenvalue weighted by Crippen LogP contribution is 2.17. The zero-order valence-electron chi connectivity index (χ0n) is 7.87. The zero-order valence-corrected chi connectivity index (χ0v) is 7.87. The summed E-state index contributed by atoms with van der Waals surface area (Å²) in [5.41, 5.74) is 0. The van der Waals surface area contributed by atoms with Crippen LogP contribution in [0.1, 0.15) is 32.6 Å². The summed E-state index contributed by atoms with van der Waals surface area (Å²) >= 11 is 0. The minimum atomic E-state index is 0.788. The first-order valence-electron chi connectivity index (χ1n) is 4.92. The molecule has 0 N–H and O–H groups in total. The maximum Gasteiger partial charge on any atom is -0.0193 e. The van der Waals surface area contributed by atoms with Gasteiger partial charge in [0, 0.05) is 0 Å². The van der Waals surface area contributed by atoms with E-state index in [4.69, 9.17) is 0 Å². The van der Waals surface area contributed by atoms with Gasteiger partial charge in [-0.3, -0.25) is 0 Å². The zero-order chi connectivity index (χ0) is 8.65. The van der Waals surface area contributed by atoms with Crippen LogP contribution in [-0.2, 0) is 0 Å². The van der Waals surface area contributed by atoms with Crippen LogP contribution in [0.25, 0.3) is 0 Å². The summed E-state index contributed by atoms with van der Waals surface area (Å²) in [5, 5.41) is 0. The summed E-state index contributed by atoms with van der Waals surface area (Å²) in [6.07, 6.45) is 18.4. The van der Waals surface area contributed by atoms with Crippen molar-refractivity contribution in [1.29, 1.82) is 0 Å². The molecule has 0 aromatic heterocycles. The van der Waals surface area contributed by atoms with Crippen molar-refractivity contribution in [1.82, 2.24) is 0 Å². The third kappa shape index (κ3) is 3.56. The van der Waals surface area contributed by atoms with Crippen molar-refractivity contribution in [3.8, 4) is 0 Å². The molecular weight excluding hydrogens is 144 g/mol. The van der Waals surface area contributed by atoms with Gasteiger partial charge in [-0.1, -0.05) is 43.4 Å². The second-order valence-corrected chi connectivity index (χ2v) is 3.27. The second-order valence-electron chi connectivity index (χ2n) is 3.27. The van der Waals surface area contributed by atoms with Crippen molar-refractivity contribution < 1.29 is 0 Å². The van der Waals surface area contributed by atoms with Crippen molar-refractivity contribution in [2.45, 2.75) is 32.6 Å². The molecular formula is C12H18. The fourth-order valence-electron chi connectivity index (χ4n) is 1.44. The van der Waals surface area contributed by atoms with Crippen LogP contribution < -0.4 is 0 Å². The Labute approximate surface area is 75.7 Å². The van der Waals surface area contributed by atoms with E-state index in [0.717, 1.165) is 5.92 Å². The standard InChI is InChI=1S/C12H18/c1-2-3-4-6-9-12-10-7-5-8-11-12/h3-5,7-8,10,12H,2,6,9,11H2,1H3/b4-3+. The average molecular weight is 162 g/mol. The Kier molecular flexibility index (Phi) is 4.51. The molecule has 0 fully saturated rings. The first-order valence-corrected chi connectivity index (χ1v) is 4.92. The van der Waals surface area contributed by atoms with Gasteiger partial charge in [-0.25, -0.2) is 0 Å². The smallest absolute Gasteiger partial charge is 0.0193 e. The number of rotatable bonds is 4. The summed E-state index contributed by atoms with van der Waals surface area (Å²) in [6, 6.07) is 0. The Morgan fingerprint density at radius 2 is 2.25 bits per heavy atom. The molecule has 0 saturated heterocycles. The Bertz CT molecular complexity index is 184. The Morgan fingerprint density at radius 3 is 2.92 bits per heavy atom. The molecule has 12 heavy (non-hydrogen) atoms. The van der Waals surface area contributed by atoms with Gasteiger partial charge in [0.05, 0.1) is 0 Å². The minimum absolute atomic E-state index is 0.788. The van der Waals surface area contributed by atoms with E-state index in [9.17, 15) is 0 Å². The summed E-state index contributed by atoms with van der Waals surface area (Å²) in [5.74, 6) is 0.788. The lowest BCUT2D eigenvalue weighted by Gasteiger charge is -2.10. The van der Waals surface area contributed by atoms with Gasteiger partial charge < -0.3 is 0 Å². The Hall–Kier alpha value is -0.780. The van der Waals surface area contributed by atoms with E-state index in [0.29, 0.717) is 0 Å². The van der Waals surface area contributed by atoms with Crippen molar-refractivity contribution in [3.05, 3.63) is 36.5 Å². The molecule has 0 aliphatic heterocycles. The molecule has 0 saturated carbocycles. The van der Waals surface area contributed by atoms with Crippen LogP contribution in [0.2, 0.25) is 0 Å². The molecule has 0 nitrogen and oxygen atoms in total. The highest BCUT2D eigenvalue weighted by Gasteiger charge is 2.02. The van der Waals surface area contributed by atoms with E-state index in [2.05, 4.69) is 43.4 Å². The maximum absolute atomic E-state index is 2.32. The molecule has 0 spiro atoms. The van der Waals surface area contributed by atoms with Gasteiger partial charge in [0.2, 0.25) is 0 Å². The van der Waals surface area contributed by atoms with Crippen molar-refractivity contribution in [3.63, 3.8) is 0 Å². The normalized spacial score (nSPS) is 22.2. The van der Waals surface area contributed by atoms with Gasteiger partial charge in [-0.2, -0.15) is 0 Å². The minimum Gasteiger partial charge on any atom is -0.0888 e. The third-order valence-electron chi connectivity index (χ3n) is 2.18. The molecule has 1 aliphatic carbocycles. The predicted octanol–water partition coefficient (Wildman–Crippen LogP) is 3.87. The first kappa shape index (κ1) is 9.31. The monoisotopic (exact) mass is 162 g/mol. The van der Waals surface area contributed by atoms with Crippen LogP contribution in [0.5, 0.6) is 0 Å². The summed E-state index contributed by atoms with van der Waals surface area (Å²) in [7, 11) is 0. The average Bonchev–Trinajstić information content (AvgIpc) is 2.14. The van der Waals surface area contributed by atoms with Crippen LogP contribution in [0.3, 0.4) is 0 Å². The van der Waals surface area contributed by atoms with Gasteiger partial charge in [0.15, 0.2) is 0 Å². The van der Waals surface area contributed by atoms with Crippen LogP contribution in [0.4, 0.5) is 0 Å². The van der Waals surface area contributed by atoms with E-state index in [1.807, 2.05) is 0 Å². The number of hydrogen-bond acceptors (Lipinski definition) is 0. The molecule has 1 atom stereocenters. The first-order chi connectivity index (χ1) is 5.93. The lowest BCUT2D eigenvalue weighted by atomic mass is 9.96. The highest BCUT2D eigenvalue weighted by atomic mass is 14.1. The van der Waals surface area contributed by atoms with Crippen LogP contribution >= 0.6 is 0 Å². The molecule has 0 heteroatoms. The summed E-state index contributed by atoms with van der Waals surface area (Å²) in [4.78, 5) is 0. The van der Waals surface area contributed by atoms with Gasteiger partial charge in [-0.15, -0.1) is 0 Å². The van der Waals surface area contributed by atoms with Gasteiger partial charge >= 0.3 is 0 Å². The summed E-state index contributed by atoms with van der Waals surface area (Å²) < 4.78 is 0. The SMILES string of the molecule is CC/C=C/CCC1C=CC=CC1. The van der Waals surface area contributed by atoms with Crippen LogP contribution in [-0.4, -0.2) is 0 Å². The van der Waals surface area contributed by atoms with E-state index < -0.39 is 0 Å². The fourth-order valence-corrected chi connectivity index (χ4v) is 1.44. The maximum atomic E-state index is 2.32. The quantitative estimate of drug-likeness (QED) is 0.550. The lowest BCUT2D eigenvalue weighted by Crippen LogP contribution is -1.95. The van der Waals surface area contributed by atoms with E-state index in [1.165, 1.54) is 25.7 Å². The van der Waals surface area contributed by atoms with Gasteiger partial charge in [0.1, 0.15) is 0 Å². The van der Waals surface area contributed by atoms with Gasteiger partial charge in [0.25, 0.3) is 0 Å². The van der Waals surface area contributed by atoms with E-state index in [-0.39, 0.29) is 0 Å². The molecule has 1 unspecified atom stereocenters. The molecule has 0 heterocycles. The van der Waals surface area contributed by atoms with Crippen molar-refractivity contribution in [2.75, 3.05) is 0 Å². The van der Waals surface area contributed by atoms with Gasteiger partial charge in [-0.05, 0) is 31.6 Å². The molecule has 0 radical (unpaired) electrons. The number of allylic oxidation sites excluding steroid dienone is 6. The second kappa shape index (κ2) is 5.82. The Balaban J connectivity index is 2.11.